The standard InChI is InChI=1S/C15H20F10N2O/c1-10(2)4-8(27-9(28)12(16,17)13(18,19)20)5-11(3,6-10)7-26-15(24,25)14(21,22)23/h8,26H,4-7H2,1-3H3,(H,27,28). The van der Waals surface area contributed by atoms with E-state index in [2.05, 4.69) is 0 Å². The largest absolute Gasteiger partial charge is 0.469 e. The van der Waals surface area contributed by atoms with Gasteiger partial charge in [0.15, 0.2) is 0 Å². The minimum atomic E-state index is -6.12. The molecule has 28 heavy (non-hydrogen) atoms. The van der Waals surface area contributed by atoms with Crippen LogP contribution in [0, 0.1) is 10.8 Å². The summed E-state index contributed by atoms with van der Waals surface area (Å²) in [6.07, 6.45) is -12.3. The zero-order valence-electron chi connectivity index (χ0n) is 15.1. The Morgan fingerprint density at radius 1 is 0.893 bits per heavy atom. The molecule has 0 aromatic carbocycles. The van der Waals surface area contributed by atoms with Gasteiger partial charge in [-0.3, -0.25) is 4.79 Å². The Kier molecular flexibility index (Phi) is 6.37. The van der Waals surface area contributed by atoms with Crippen molar-refractivity contribution >= 4 is 5.91 Å². The van der Waals surface area contributed by atoms with Crippen molar-refractivity contribution in [2.75, 3.05) is 6.54 Å². The monoisotopic (exact) mass is 434 g/mol. The highest BCUT2D eigenvalue weighted by Gasteiger charge is 2.64. The maximum atomic E-state index is 13.1. The third-order valence-electron chi connectivity index (χ3n) is 4.51. The van der Waals surface area contributed by atoms with E-state index in [-0.39, 0.29) is 19.3 Å². The van der Waals surface area contributed by atoms with Crippen LogP contribution in [0.25, 0.3) is 0 Å². The van der Waals surface area contributed by atoms with Crippen molar-refractivity contribution in [3.63, 3.8) is 0 Å². The zero-order chi connectivity index (χ0) is 22.4. The maximum Gasteiger partial charge on any atom is 0.469 e. The minimum absolute atomic E-state index is 0.0576. The molecule has 0 aromatic heterocycles. The third kappa shape index (κ3) is 5.63. The highest BCUT2D eigenvalue weighted by Crippen LogP contribution is 2.47. The molecule has 0 aromatic rings. The summed E-state index contributed by atoms with van der Waals surface area (Å²) < 4.78 is 126. The number of halogens is 10. The Bertz CT molecular complexity index is 584. The Morgan fingerprint density at radius 2 is 1.39 bits per heavy atom. The van der Waals surface area contributed by atoms with Gasteiger partial charge in [-0.05, 0) is 30.1 Å². The molecule has 0 spiro atoms. The van der Waals surface area contributed by atoms with Crippen LogP contribution in [0.1, 0.15) is 40.0 Å². The van der Waals surface area contributed by atoms with E-state index in [4.69, 9.17) is 0 Å². The Morgan fingerprint density at radius 3 is 1.82 bits per heavy atom. The van der Waals surface area contributed by atoms with Gasteiger partial charge in [-0.1, -0.05) is 20.8 Å². The van der Waals surface area contributed by atoms with E-state index >= 15 is 0 Å². The molecule has 0 radical (unpaired) electrons. The maximum absolute atomic E-state index is 13.1. The second kappa shape index (κ2) is 7.21. The quantitative estimate of drug-likeness (QED) is 0.490. The first kappa shape index (κ1) is 24.8. The van der Waals surface area contributed by atoms with Crippen LogP contribution < -0.4 is 10.6 Å². The number of nitrogens with one attached hydrogen (secondary N) is 2. The first-order chi connectivity index (χ1) is 12.1. The smallest absolute Gasteiger partial charge is 0.348 e. The first-order valence-corrected chi connectivity index (χ1v) is 8.07. The summed E-state index contributed by atoms with van der Waals surface area (Å²) in [6.45, 7) is 3.46. The van der Waals surface area contributed by atoms with Crippen molar-refractivity contribution in [2.24, 2.45) is 10.8 Å². The molecule has 1 saturated carbocycles. The first-order valence-electron chi connectivity index (χ1n) is 8.07. The van der Waals surface area contributed by atoms with E-state index in [1.807, 2.05) is 0 Å². The summed E-state index contributed by atoms with van der Waals surface area (Å²) in [7, 11) is 0. The molecule has 1 amide bonds. The van der Waals surface area contributed by atoms with Gasteiger partial charge >= 0.3 is 30.2 Å². The van der Waals surface area contributed by atoms with E-state index in [9.17, 15) is 48.7 Å². The predicted octanol–water partition coefficient (Wildman–Crippen LogP) is 4.63. The molecule has 1 aliphatic rings. The van der Waals surface area contributed by atoms with Crippen molar-refractivity contribution < 1.29 is 48.7 Å². The average molecular weight is 434 g/mol. The van der Waals surface area contributed by atoms with E-state index in [1.54, 1.807) is 5.32 Å². The number of carbonyl (C=O) groups excluding carboxylic acids is 1. The molecule has 1 fully saturated rings. The SMILES string of the molecule is CC1(C)CC(NC(=O)C(F)(F)C(F)(F)F)CC(C)(CNC(F)(F)C(F)(F)F)C1. The topological polar surface area (TPSA) is 41.1 Å². The summed E-state index contributed by atoms with van der Waals surface area (Å²) in [4.78, 5) is 11.4. The van der Waals surface area contributed by atoms with Crippen LogP contribution in [-0.2, 0) is 4.79 Å². The minimum Gasteiger partial charge on any atom is -0.348 e. The molecule has 13 heteroatoms. The van der Waals surface area contributed by atoms with Crippen LogP contribution in [0.15, 0.2) is 0 Å². The molecule has 0 aliphatic heterocycles. The van der Waals surface area contributed by atoms with Gasteiger partial charge in [-0.15, -0.1) is 0 Å². The van der Waals surface area contributed by atoms with Crippen LogP contribution in [0.4, 0.5) is 43.9 Å². The molecule has 2 N–H and O–H groups in total. The summed E-state index contributed by atoms with van der Waals surface area (Å²) >= 11 is 0. The lowest BCUT2D eigenvalue weighted by atomic mass is 9.62. The molecule has 0 heterocycles. The normalized spacial score (nSPS) is 26.8. The molecular weight excluding hydrogens is 414 g/mol. The molecular formula is C15H20F10N2O. The van der Waals surface area contributed by atoms with E-state index < -0.39 is 53.6 Å². The molecule has 2 unspecified atom stereocenters. The van der Waals surface area contributed by atoms with Gasteiger partial charge in [0, 0.05) is 12.6 Å². The highest BCUT2D eigenvalue weighted by atomic mass is 19.4. The molecule has 0 bridgehead atoms. The van der Waals surface area contributed by atoms with Crippen LogP contribution in [0.3, 0.4) is 0 Å². The van der Waals surface area contributed by atoms with Gasteiger partial charge < -0.3 is 5.32 Å². The second-order valence-electron chi connectivity index (χ2n) is 8.23. The zero-order valence-corrected chi connectivity index (χ0v) is 15.1. The van der Waals surface area contributed by atoms with Crippen molar-refractivity contribution in [3.8, 4) is 0 Å². The molecule has 3 nitrogen and oxygen atoms in total. The fraction of sp³-hybridized carbons (Fsp3) is 0.933. The van der Waals surface area contributed by atoms with Gasteiger partial charge in [-0.2, -0.15) is 43.9 Å². The summed E-state index contributed by atoms with van der Waals surface area (Å²) in [5.41, 5.74) is -2.16. The third-order valence-corrected chi connectivity index (χ3v) is 4.51. The number of hydrogen-bond acceptors (Lipinski definition) is 2. The van der Waals surface area contributed by atoms with Crippen molar-refractivity contribution in [1.82, 2.24) is 10.6 Å². The number of carbonyl (C=O) groups is 1. The summed E-state index contributed by atoms with van der Waals surface area (Å²) in [5.74, 6) is -8.26. The molecule has 1 rings (SSSR count). The highest BCUT2D eigenvalue weighted by molar-refractivity contribution is 5.84. The van der Waals surface area contributed by atoms with Gasteiger partial charge in [0.2, 0.25) is 0 Å². The van der Waals surface area contributed by atoms with Crippen molar-refractivity contribution in [1.29, 1.82) is 0 Å². The number of hydrogen-bond donors (Lipinski definition) is 2. The molecule has 1 aliphatic carbocycles. The van der Waals surface area contributed by atoms with Crippen LogP contribution in [0.2, 0.25) is 0 Å². The van der Waals surface area contributed by atoms with E-state index in [0.717, 1.165) is 5.32 Å². The van der Waals surface area contributed by atoms with Gasteiger partial charge in [-0.25, -0.2) is 5.32 Å². The lowest BCUT2D eigenvalue weighted by Gasteiger charge is -2.47. The Balaban J connectivity index is 2.94. The molecule has 2 atom stereocenters. The fourth-order valence-electron chi connectivity index (χ4n) is 3.70. The fourth-order valence-corrected chi connectivity index (χ4v) is 3.70. The van der Waals surface area contributed by atoms with Crippen LogP contribution in [-0.4, -0.2) is 42.8 Å². The average Bonchev–Trinajstić information content (AvgIpc) is 2.40. The van der Waals surface area contributed by atoms with Crippen LogP contribution in [0.5, 0.6) is 0 Å². The van der Waals surface area contributed by atoms with E-state index in [1.165, 1.54) is 20.8 Å². The lowest BCUT2D eigenvalue weighted by Crippen LogP contribution is -2.58. The van der Waals surface area contributed by atoms with Crippen LogP contribution >= 0.6 is 0 Å². The number of amides is 1. The molecule has 166 valence electrons. The molecule has 0 saturated heterocycles. The van der Waals surface area contributed by atoms with E-state index in [0.29, 0.717) is 0 Å². The number of alkyl halides is 10. The van der Waals surface area contributed by atoms with Crippen molar-refractivity contribution in [2.45, 2.75) is 70.4 Å². The van der Waals surface area contributed by atoms with Gasteiger partial charge in [0.25, 0.3) is 0 Å². The van der Waals surface area contributed by atoms with Gasteiger partial charge in [0.1, 0.15) is 0 Å². The predicted molar refractivity (Wildman–Crippen MR) is 77.7 cm³/mol. The Labute approximate surface area is 154 Å². The second-order valence-corrected chi connectivity index (χ2v) is 8.23. The summed E-state index contributed by atoms with van der Waals surface area (Å²) in [5, 5.41) is 2.63. The number of rotatable bonds is 5. The lowest BCUT2D eigenvalue weighted by molar-refractivity contribution is -0.297. The van der Waals surface area contributed by atoms with Crippen molar-refractivity contribution in [3.05, 3.63) is 0 Å². The summed E-state index contributed by atoms with van der Waals surface area (Å²) in [6, 6.07) is -6.48. The van der Waals surface area contributed by atoms with Gasteiger partial charge in [0.05, 0.1) is 0 Å². The Hall–Kier alpha value is -1.27.